The van der Waals surface area contributed by atoms with Gasteiger partial charge in [0.2, 0.25) is 20.9 Å². The van der Waals surface area contributed by atoms with E-state index in [9.17, 15) is 18.0 Å². The zero-order chi connectivity index (χ0) is 20.1. The lowest BCUT2D eigenvalue weighted by Gasteiger charge is -2.09. The van der Waals surface area contributed by atoms with E-state index >= 15 is 0 Å². The third-order valence-corrected chi connectivity index (χ3v) is 6.86. The number of thiophene rings is 1. The third-order valence-electron chi connectivity index (χ3n) is 4.67. The molecule has 0 fully saturated rings. The summed E-state index contributed by atoms with van der Waals surface area (Å²) >= 11 is 1.36. The maximum atomic E-state index is 12.7. The van der Waals surface area contributed by atoms with Gasteiger partial charge in [0, 0.05) is 11.1 Å². The van der Waals surface area contributed by atoms with Crippen LogP contribution < -0.4 is 11.1 Å². The van der Waals surface area contributed by atoms with E-state index in [0.717, 1.165) is 36.0 Å². The first-order chi connectivity index (χ1) is 13.3. The molecule has 2 amide bonds. The molecule has 0 aliphatic heterocycles. The number of primary amides is 1. The predicted octanol–water partition coefficient (Wildman–Crippen LogP) is 1.73. The van der Waals surface area contributed by atoms with Crippen LogP contribution in [0.3, 0.4) is 0 Å². The van der Waals surface area contributed by atoms with Gasteiger partial charge in [-0.2, -0.15) is 0 Å². The molecule has 10 heteroatoms. The predicted molar refractivity (Wildman–Crippen MR) is 106 cm³/mol. The summed E-state index contributed by atoms with van der Waals surface area (Å²) in [7, 11) is -3.63. The molecule has 0 unspecified atom stereocenters. The van der Waals surface area contributed by atoms with Crippen LogP contribution >= 0.6 is 11.3 Å². The minimum absolute atomic E-state index is 0.173. The molecule has 1 aliphatic rings. The molecule has 0 saturated carbocycles. The smallest absolute Gasteiger partial charge is 0.251 e. The van der Waals surface area contributed by atoms with Crippen molar-refractivity contribution < 1.29 is 18.0 Å². The van der Waals surface area contributed by atoms with E-state index in [1.807, 2.05) is 0 Å². The van der Waals surface area contributed by atoms with Gasteiger partial charge in [0.1, 0.15) is 11.5 Å². The van der Waals surface area contributed by atoms with Gasteiger partial charge in [-0.25, -0.2) is 13.4 Å². The highest BCUT2D eigenvalue weighted by molar-refractivity contribution is 7.90. The molecule has 0 spiro atoms. The Kier molecular flexibility index (Phi) is 4.47. The molecule has 3 aromatic rings. The quantitative estimate of drug-likeness (QED) is 0.653. The third kappa shape index (κ3) is 3.18. The number of imidazole rings is 1. The zero-order valence-corrected chi connectivity index (χ0v) is 16.7. The van der Waals surface area contributed by atoms with E-state index in [1.165, 1.54) is 15.9 Å². The van der Waals surface area contributed by atoms with Gasteiger partial charge in [0.25, 0.3) is 5.91 Å². The first-order valence-electron chi connectivity index (χ1n) is 8.65. The number of aryl methyl sites for hydroxylation is 1. The van der Waals surface area contributed by atoms with Gasteiger partial charge in [-0.1, -0.05) is 12.1 Å². The number of rotatable bonds is 5. The van der Waals surface area contributed by atoms with Crippen LogP contribution in [0.15, 0.2) is 29.4 Å². The van der Waals surface area contributed by atoms with Crippen molar-refractivity contribution in [3.8, 4) is 0 Å². The Labute approximate surface area is 165 Å². The highest BCUT2D eigenvalue weighted by Gasteiger charge is 2.27. The van der Waals surface area contributed by atoms with E-state index in [2.05, 4.69) is 10.3 Å². The lowest BCUT2D eigenvalue weighted by molar-refractivity contribution is -0.116. The number of benzene rings is 1. The van der Waals surface area contributed by atoms with Crippen molar-refractivity contribution in [3.05, 3.63) is 40.3 Å². The first-order valence-corrected chi connectivity index (χ1v) is 11.4. The topological polar surface area (TPSA) is 124 Å². The van der Waals surface area contributed by atoms with Crippen LogP contribution in [-0.2, 0) is 34.0 Å². The Balaban J connectivity index is 1.68. The number of nitrogens with two attached hydrogens (primary N) is 1. The lowest BCUT2D eigenvalue weighted by Crippen LogP contribution is -2.23. The van der Waals surface area contributed by atoms with Crippen molar-refractivity contribution in [2.45, 2.75) is 31.0 Å². The molecule has 146 valence electrons. The average Bonchev–Trinajstić information content (AvgIpc) is 3.27. The zero-order valence-electron chi connectivity index (χ0n) is 15.1. The SMILES string of the molecule is CS(=O)(=O)c1nc2ccccc2n1CC(=O)Nc1sc2c(c1C(N)=O)CCC2. The summed E-state index contributed by atoms with van der Waals surface area (Å²) in [6.45, 7) is -0.246. The molecule has 1 aromatic carbocycles. The van der Waals surface area contributed by atoms with E-state index < -0.39 is 21.7 Å². The van der Waals surface area contributed by atoms with Crippen LogP contribution in [0.4, 0.5) is 5.00 Å². The fourth-order valence-corrected chi connectivity index (χ4v) is 5.69. The molecular weight excluding hydrogens is 400 g/mol. The number of hydrogen-bond acceptors (Lipinski definition) is 6. The van der Waals surface area contributed by atoms with Crippen molar-refractivity contribution in [1.82, 2.24) is 9.55 Å². The minimum atomic E-state index is -3.63. The Morgan fingerprint density at radius 2 is 2.04 bits per heavy atom. The van der Waals surface area contributed by atoms with Crippen molar-refractivity contribution in [1.29, 1.82) is 0 Å². The number of aromatic nitrogens is 2. The molecule has 2 aromatic heterocycles. The summed E-state index contributed by atoms with van der Waals surface area (Å²) in [5.41, 5.74) is 7.83. The molecule has 1 aliphatic carbocycles. The van der Waals surface area contributed by atoms with E-state index in [4.69, 9.17) is 5.73 Å². The molecule has 4 rings (SSSR count). The van der Waals surface area contributed by atoms with Gasteiger partial charge < -0.3 is 15.6 Å². The highest BCUT2D eigenvalue weighted by atomic mass is 32.2. The first kappa shape index (κ1) is 18.6. The lowest BCUT2D eigenvalue weighted by atomic mass is 10.1. The number of carbonyl (C=O) groups is 2. The van der Waals surface area contributed by atoms with Crippen molar-refractivity contribution >= 4 is 49.0 Å². The molecule has 2 heterocycles. The monoisotopic (exact) mass is 418 g/mol. The Morgan fingerprint density at radius 1 is 1.29 bits per heavy atom. The second-order valence-electron chi connectivity index (χ2n) is 6.72. The summed E-state index contributed by atoms with van der Waals surface area (Å²) in [4.78, 5) is 29.8. The number of sulfone groups is 1. The van der Waals surface area contributed by atoms with Gasteiger partial charge in [0.15, 0.2) is 0 Å². The molecule has 0 atom stereocenters. The molecule has 3 N–H and O–H groups in total. The molecule has 0 saturated heterocycles. The standard InChI is InChI=1S/C18H18N4O4S2/c1-28(25,26)18-20-11-6-2-3-7-12(11)22(18)9-14(23)21-17-15(16(19)24)10-5-4-8-13(10)27-17/h2-3,6-7H,4-5,8-9H2,1H3,(H2,19,24)(H,21,23). The van der Waals surface area contributed by atoms with Gasteiger partial charge in [-0.15, -0.1) is 11.3 Å². The second-order valence-corrected chi connectivity index (χ2v) is 9.73. The fraction of sp³-hybridized carbons (Fsp3) is 0.278. The minimum Gasteiger partial charge on any atom is -0.365 e. The second kappa shape index (κ2) is 6.71. The Bertz CT molecular complexity index is 1220. The summed E-state index contributed by atoms with van der Waals surface area (Å²) in [6.07, 6.45) is 3.65. The van der Waals surface area contributed by atoms with E-state index in [1.54, 1.807) is 24.3 Å². The van der Waals surface area contributed by atoms with Crippen LogP contribution in [0.2, 0.25) is 0 Å². The number of hydrogen-bond donors (Lipinski definition) is 2. The van der Waals surface area contributed by atoms with Crippen molar-refractivity contribution in [2.24, 2.45) is 5.73 Å². The number of nitrogens with zero attached hydrogens (tertiary/aromatic N) is 2. The van der Waals surface area contributed by atoms with Crippen LogP contribution in [0.25, 0.3) is 11.0 Å². The van der Waals surface area contributed by atoms with Crippen molar-refractivity contribution in [2.75, 3.05) is 11.6 Å². The largest absolute Gasteiger partial charge is 0.365 e. The average molecular weight is 419 g/mol. The van der Waals surface area contributed by atoms with Crippen molar-refractivity contribution in [3.63, 3.8) is 0 Å². The van der Waals surface area contributed by atoms with Gasteiger partial charge in [0.05, 0.1) is 16.6 Å². The van der Waals surface area contributed by atoms with Crippen LogP contribution in [0.1, 0.15) is 27.2 Å². The Morgan fingerprint density at radius 3 is 2.75 bits per heavy atom. The number of fused-ring (bicyclic) bond motifs is 2. The molecule has 8 nitrogen and oxygen atoms in total. The highest BCUT2D eigenvalue weighted by Crippen LogP contribution is 2.38. The van der Waals surface area contributed by atoms with Gasteiger partial charge in [-0.05, 0) is 37.0 Å². The maximum absolute atomic E-state index is 12.7. The normalized spacial score (nSPS) is 13.6. The van der Waals surface area contributed by atoms with Gasteiger partial charge >= 0.3 is 0 Å². The number of anilines is 1. The molecule has 0 radical (unpaired) electrons. The number of nitrogens with one attached hydrogen (secondary N) is 1. The summed E-state index contributed by atoms with van der Waals surface area (Å²) in [6, 6.07) is 6.89. The van der Waals surface area contributed by atoms with E-state index in [-0.39, 0.29) is 11.7 Å². The van der Waals surface area contributed by atoms with E-state index in [0.29, 0.717) is 21.6 Å². The number of para-hydroxylation sites is 2. The van der Waals surface area contributed by atoms with Crippen LogP contribution in [0, 0.1) is 0 Å². The number of amides is 2. The van der Waals surface area contributed by atoms with Gasteiger partial charge in [-0.3, -0.25) is 9.59 Å². The van der Waals surface area contributed by atoms with Crippen LogP contribution in [-0.4, -0.2) is 36.0 Å². The molecular formula is C18H18N4O4S2. The maximum Gasteiger partial charge on any atom is 0.251 e. The summed E-state index contributed by atoms with van der Waals surface area (Å²) in [5, 5.41) is 2.99. The molecule has 0 bridgehead atoms. The summed E-state index contributed by atoms with van der Waals surface area (Å²) < 4.78 is 25.6. The van der Waals surface area contributed by atoms with Crippen LogP contribution in [0.5, 0.6) is 0 Å². The summed E-state index contributed by atoms with van der Waals surface area (Å²) in [5.74, 6) is -1.02. The fourth-order valence-electron chi connectivity index (χ4n) is 3.55. The molecule has 28 heavy (non-hydrogen) atoms. The Hall–Kier alpha value is -2.72. The number of carbonyl (C=O) groups excluding carboxylic acids is 2.